The van der Waals surface area contributed by atoms with Crippen molar-refractivity contribution in [2.45, 2.75) is 37.1 Å². The van der Waals surface area contributed by atoms with Crippen molar-refractivity contribution in [1.82, 2.24) is 19.2 Å². The van der Waals surface area contributed by atoms with Crippen LogP contribution < -0.4 is 4.74 Å². The summed E-state index contributed by atoms with van der Waals surface area (Å²) in [5, 5.41) is 0. The van der Waals surface area contributed by atoms with E-state index in [1.165, 1.54) is 11.1 Å². The van der Waals surface area contributed by atoms with Gasteiger partial charge in [-0.1, -0.05) is 35.9 Å². The van der Waals surface area contributed by atoms with Gasteiger partial charge in [-0.2, -0.15) is 4.31 Å². The minimum Gasteiger partial charge on any atom is -0.470 e. The van der Waals surface area contributed by atoms with Gasteiger partial charge in [0.15, 0.2) is 0 Å². The Labute approximate surface area is 182 Å². The molecule has 31 heavy (non-hydrogen) atoms. The van der Waals surface area contributed by atoms with E-state index >= 15 is 0 Å². The monoisotopic (exact) mass is 436 g/mol. The van der Waals surface area contributed by atoms with Crippen LogP contribution in [0.5, 0.6) is 5.88 Å². The Kier molecular flexibility index (Phi) is 5.21. The fourth-order valence-electron chi connectivity index (χ4n) is 4.39. The Morgan fingerprint density at radius 1 is 1.00 bits per heavy atom. The smallest absolute Gasteiger partial charge is 0.249 e. The average molecular weight is 437 g/mol. The quantitative estimate of drug-likeness (QED) is 0.626. The molecule has 2 aliphatic rings. The van der Waals surface area contributed by atoms with Crippen LogP contribution in [0, 0.1) is 6.92 Å². The lowest BCUT2D eigenvalue weighted by molar-refractivity contribution is 0.143. The number of aromatic nitrogens is 2. The van der Waals surface area contributed by atoms with Crippen molar-refractivity contribution in [3.05, 3.63) is 83.8 Å². The van der Waals surface area contributed by atoms with Crippen molar-refractivity contribution >= 4 is 10.0 Å². The standard InChI is InChI=1S/C23H24N4O3S/c1-17-6-4-7-18(12-17)13-26-15-20-21(16-26)30-23-22(9-5-11-25-23)31(28,29)27(20)14-19-8-2-3-10-24-19/h2-12,20-21H,13-16H2,1H3/t20-,21-/m0/s1. The molecule has 0 bridgehead atoms. The van der Waals surface area contributed by atoms with Crippen LogP contribution in [0.2, 0.25) is 0 Å². The summed E-state index contributed by atoms with van der Waals surface area (Å²) in [5.74, 6) is 0.179. The highest BCUT2D eigenvalue weighted by Gasteiger charge is 2.47. The third-order valence-corrected chi connectivity index (χ3v) is 7.68. The summed E-state index contributed by atoms with van der Waals surface area (Å²) in [6.07, 6.45) is 2.94. The highest BCUT2D eigenvalue weighted by atomic mass is 32.2. The molecule has 1 saturated heterocycles. The second-order valence-corrected chi connectivity index (χ2v) is 9.94. The van der Waals surface area contributed by atoms with Crippen LogP contribution in [0.1, 0.15) is 16.8 Å². The zero-order valence-corrected chi connectivity index (χ0v) is 18.1. The van der Waals surface area contributed by atoms with Gasteiger partial charge < -0.3 is 4.74 Å². The van der Waals surface area contributed by atoms with Crippen molar-refractivity contribution < 1.29 is 13.2 Å². The first-order valence-corrected chi connectivity index (χ1v) is 11.8. The molecular formula is C23H24N4O3S. The van der Waals surface area contributed by atoms with Crippen LogP contribution >= 0.6 is 0 Å². The first kappa shape index (κ1) is 20.1. The molecule has 2 aromatic heterocycles. The number of pyridine rings is 2. The minimum absolute atomic E-state index is 0.116. The summed E-state index contributed by atoms with van der Waals surface area (Å²) in [6, 6.07) is 16.8. The molecule has 0 spiro atoms. The largest absolute Gasteiger partial charge is 0.470 e. The highest BCUT2D eigenvalue weighted by Crippen LogP contribution is 2.36. The van der Waals surface area contributed by atoms with Gasteiger partial charge in [0, 0.05) is 32.0 Å². The van der Waals surface area contributed by atoms with E-state index in [1.54, 1.807) is 28.8 Å². The molecule has 7 nitrogen and oxygen atoms in total. The number of hydrogen-bond donors (Lipinski definition) is 0. The number of sulfonamides is 1. The van der Waals surface area contributed by atoms with Gasteiger partial charge >= 0.3 is 0 Å². The summed E-state index contributed by atoms with van der Waals surface area (Å²) in [7, 11) is -3.80. The number of fused-ring (bicyclic) bond motifs is 2. The molecule has 0 N–H and O–H groups in total. The number of hydrogen-bond acceptors (Lipinski definition) is 6. The Morgan fingerprint density at radius 2 is 1.87 bits per heavy atom. The maximum atomic E-state index is 13.6. The first-order chi connectivity index (χ1) is 15.0. The van der Waals surface area contributed by atoms with Crippen molar-refractivity contribution in [3.8, 4) is 5.88 Å². The number of ether oxygens (including phenoxy) is 1. The molecule has 3 aromatic rings. The second-order valence-electron chi connectivity index (χ2n) is 8.08. The maximum Gasteiger partial charge on any atom is 0.249 e. The number of rotatable bonds is 4. The van der Waals surface area contributed by atoms with Gasteiger partial charge in [-0.15, -0.1) is 0 Å². The van der Waals surface area contributed by atoms with E-state index in [1.807, 2.05) is 24.3 Å². The van der Waals surface area contributed by atoms with Crippen LogP contribution in [0.25, 0.3) is 0 Å². The van der Waals surface area contributed by atoms with E-state index in [4.69, 9.17) is 4.74 Å². The summed E-state index contributed by atoms with van der Waals surface area (Å²) in [5.41, 5.74) is 3.11. The molecule has 8 heteroatoms. The van der Waals surface area contributed by atoms with Crippen LogP contribution in [0.3, 0.4) is 0 Å². The summed E-state index contributed by atoms with van der Waals surface area (Å²) >= 11 is 0. The lowest BCUT2D eigenvalue weighted by Crippen LogP contribution is -2.46. The third kappa shape index (κ3) is 3.94. The topological polar surface area (TPSA) is 75.6 Å². The maximum absolute atomic E-state index is 13.6. The summed E-state index contributed by atoms with van der Waals surface area (Å²) in [4.78, 5) is 11.0. The molecular weight excluding hydrogens is 412 g/mol. The predicted molar refractivity (Wildman–Crippen MR) is 116 cm³/mol. The number of aryl methyl sites for hydroxylation is 1. The molecule has 0 unspecified atom stereocenters. The Bertz CT molecular complexity index is 1190. The Morgan fingerprint density at radius 3 is 2.68 bits per heavy atom. The van der Waals surface area contributed by atoms with Crippen LogP contribution in [-0.2, 0) is 23.1 Å². The Hall–Kier alpha value is -2.81. The van der Waals surface area contributed by atoms with E-state index in [9.17, 15) is 8.42 Å². The first-order valence-electron chi connectivity index (χ1n) is 10.3. The van der Waals surface area contributed by atoms with Gasteiger partial charge in [0.25, 0.3) is 0 Å². The normalized spacial score (nSPS) is 22.9. The van der Waals surface area contributed by atoms with Crippen molar-refractivity contribution in [2.24, 2.45) is 0 Å². The molecule has 1 fully saturated rings. The van der Waals surface area contributed by atoms with Crippen molar-refractivity contribution in [3.63, 3.8) is 0 Å². The molecule has 2 atom stereocenters. The second kappa shape index (κ2) is 8.03. The van der Waals surface area contributed by atoms with Crippen LogP contribution in [0.4, 0.5) is 0 Å². The zero-order valence-electron chi connectivity index (χ0n) is 17.3. The molecule has 5 rings (SSSR count). The van der Waals surface area contributed by atoms with Crippen LogP contribution in [-0.4, -0.2) is 52.8 Å². The van der Waals surface area contributed by atoms with Crippen LogP contribution in [0.15, 0.2) is 71.9 Å². The van der Waals surface area contributed by atoms with E-state index in [-0.39, 0.29) is 29.5 Å². The summed E-state index contributed by atoms with van der Waals surface area (Å²) in [6.45, 7) is 4.22. The van der Waals surface area contributed by atoms with Crippen molar-refractivity contribution in [2.75, 3.05) is 13.1 Å². The zero-order chi connectivity index (χ0) is 21.4. The number of likely N-dealkylation sites (tertiary alicyclic amines) is 1. The van der Waals surface area contributed by atoms with Crippen molar-refractivity contribution in [1.29, 1.82) is 0 Å². The molecule has 4 heterocycles. The molecule has 0 aliphatic carbocycles. The molecule has 0 radical (unpaired) electrons. The third-order valence-electron chi connectivity index (χ3n) is 5.80. The molecule has 1 aromatic carbocycles. The highest BCUT2D eigenvalue weighted by molar-refractivity contribution is 7.89. The van der Waals surface area contributed by atoms with E-state index in [0.29, 0.717) is 18.8 Å². The van der Waals surface area contributed by atoms with E-state index in [0.717, 1.165) is 6.54 Å². The van der Waals surface area contributed by atoms with Gasteiger partial charge in [0.2, 0.25) is 15.9 Å². The summed E-state index contributed by atoms with van der Waals surface area (Å²) < 4.78 is 35.0. The molecule has 0 amide bonds. The lowest BCUT2D eigenvalue weighted by atomic mass is 10.1. The van der Waals surface area contributed by atoms with Gasteiger partial charge in [-0.05, 0) is 36.8 Å². The number of benzene rings is 1. The van der Waals surface area contributed by atoms with Gasteiger partial charge in [0.05, 0.1) is 18.3 Å². The van der Waals surface area contributed by atoms with E-state index < -0.39 is 10.0 Å². The lowest BCUT2D eigenvalue weighted by Gasteiger charge is -2.27. The van der Waals surface area contributed by atoms with E-state index in [2.05, 4.69) is 40.0 Å². The molecule has 0 saturated carbocycles. The fraction of sp³-hybridized carbons (Fsp3) is 0.304. The average Bonchev–Trinajstić information content (AvgIpc) is 3.11. The fourth-order valence-corrected chi connectivity index (χ4v) is 6.07. The van der Waals surface area contributed by atoms with Gasteiger partial charge in [0.1, 0.15) is 11.0 Å². The minimum atomic E-state index is -3.80. The SMILES string of the molecule is Cc1cccc(CN2C[C@@H]3Oc4ncccc4S(=O)(=O)N(Cc4ccccn4)[C@H]3C2)c1. The Balaban J connectivity index is 1.50. The molecule has 160 valence electrons. The number of nitrogens with zero attached hydrogens (tertiary/aromatic N) is 4. The van der Waals surface area contributed by atoms with Gasteiger partial charge in [-0.3, -0.25) is 9.88 Å². The molecule has 2 aliphatic heterocycles. The predicted octanol–water partition coefficient (Wildman–Crippen LogP) is 2.62. The van der Waals surface area contributed by atoms with Gasteiger partial charge in [-0.25, -0.2) is 13.4 Å².